The van der Waals surface area contributed by atoms with Gasteiger partial charge in [0.05, 0.1) is 0 Å². The third kappa shape index (κ3) is 3.91. The molecule has 1 unspecified atom stereocenters. The fraction of sp³-hybridized carbons (Fsp3) is 0.588. The Morgan fingerprint density at radius 2 is 2.12 bits per heavy atom. The summed E-state index contributed by atoms with van der Waals surface area (Å²) in [6.07, 6.45) is -1.20. The molecule has 0 saturated carbocycles. The van der Waals surface area contributed by atoms with Crippen molar-refractivity contribution in [1.82, 2.24) is 24.9 Å². The van der Waals surface area contributed by atoms with E-state index in [4.69, 9.17) is 0 Å². The van der Waals surface area contributed by atoms with Gasteiger partial charge in [-0.1, -0.05) is 6.92 Å². The molecule has 2 heterocycles. The molecule has 0 bridgehead atoms. The van der Waals surface area contributed by atoms with Gasteiger partial charge in [-0.05, 0) is 38.2 Å². The van der Waals surface area contributed by atoms with E-state index in [-0.39, 0.29) is 23.9 Å². The van der Waals surface area contributed by atoms with Gasteiger partial charge in [0.2, 0.25) is 5.91 Å². The van der Waals surface area contributed by atoms with Crippen molar-refractivity contribution in [2.75, 3.05) is 6.54 Å². The molecule has 0 fully saturated rings. The molecule has 1 amide bonds. The number of nitrogens with zero attached hydrogens (tertiary/aromatic N) is 4. The summed E-state index contributed by atoms with van der Waals surface area (Å²) in [4.78, 5) is 12.2. The predicted molar refractivity (Wildman–Crippen MR) is 88.4 cm³/mol. The van der Waals surface area contributed by atoms with Crippen LogP contribution in [0.4, 0.5) is 13.2 Å². The predicted octanol–water partition coefficient (Wildman–Crippen LogP) is 2.35. The third-order valence-electron chi connectivity index (χ3n) is 4.63. The summed E-state index contributed by atoms with van der Waals surface area (Å²) in [5.41, 5.74) is 0.968. The average Bonchev–Trinajstić information content (AvgIpc) is 3.24. The number of carbonyl (C=O) groups excluding carboxylic acids is 1. The maximum Gasteiger partial charge on any atom is 0.435 e. The third-order valence-corrected chi connectivity index (χ3v) is 4.63. The summed E-state index contributed by atoms with van der Waals surface area (Å²) in [5.74, 6) is -0.188. The Morgan fingerprint density at radius 3 is 2.77 bits per heavy atom. The van der Waals surface area contributed by atoms with E-state index in [1.165, 1.54) is 4.68 Å². The van der Waals surface area contributed by atoms with Crippen LogP contribution in [0.2, 0.25) is 0 Å². The molecule has 0 radical (unpaired) electrons. The number of hydrogen-bond donors (Lipinski definition) is 1. The lowest BCUT2D eigenvalue weighted by Gasteiger charge is -2.14. The van der Waals surface area contributed by atoms with Gasteiger partial charge in [-0.2, -0.15) is 23.4 Å². The second kappa shape index (κ2) is 7.13. The molecule has 9 heteroatoms. The van der Waals surface area contributed by atoms with E-state index in [1.54, 1.807) is 6.20 Å². The second-order valence-electron chi connectivity index (χ2n) is 6.85. The summed E-state index contributed by atoms with van der Waals surface area (Å²) in [6.45, 7) is 4.83. The highest BCUT2D eigenvalue weighted by Gasteiger charge is 2.40. The maximum atomic E-state index is 13.1. The molecular formula is C17H22F3N5O. The number of aromatic nitrogens is 4. The Bertz CT molecular complexity index is 793. The fourth-order valence-electron chi connectivity index (χ4n) is 3.30. The number of nitrogens with one attached hydrogen (secondary N) is 1. The average molecular weight is 369 g/mol. The van der Waals surface area contributed by atoms with Gasteiger partial charge in [0.1, 0.15) is 6.54 Å². The van der Waals surface area contributed by atoms with E-state index in [9.17, 15) is 18.0 Å². The first kappa shape index (κ1) is 18.5. The Labute approximate surface area is 149 Å². The SMILES string of the molecule is Cc1ccnn1CC(C)CNC(=O)Cn1nc(C(F)(F)F)c2c1CCC2. The lowest BCUT2D eigenvalue weighted by molar-refractivity contribution is -0.142. The van der Waals surface area contributed by atoms with E-state index in [0.717, 1.165) is 5.69 Å². The normalized spacial score (nSPS) is 15.1. The minimum absolute atomic E-state index is 0.145. The van der Waals surface area contributed by atoms with Crippen molar-refractivity contribution in [2.45, 2.75) is 52.4 Å². The summed E-state index contributed by atoms with van der Waals surface area (Å²) in [5, 5.41) is 10.6. The second-order valence-corrected chi connectivity index (χ2v) is 6.85. The molecule has 26 heavy (non-hydrogen) atoms. The van der Waals surface area contributed by atoms with Crippen LogP contribution in [0.1, 0.15) is 36.0 Å². The number of carbonyl (C=O) groups is 1. The molecule has 0 spiro atoms. The van der Waals surface area contributed by atoms with E-state index in [0.29, 0.717) is 38.0 Å². The van der Waals surface area contributed by atoms with Gasteiger partial charge in [0.15, 0.2) is 5.69 Å². The number of halogens is 3. The van der Waals surface area contributed by atoms with E-state index < -0.39 is 11.9 Å². The van der Waals surface area contributed by atoms with Gasteiger partial charge in [-0.3, -0.25) is 14.2 Å². The Balaban J connectivity index is 1.58. The van der Waals surface area contributed by atoms with Crippen molar-refractivity contribution in [1.29, 1.82) is 0 Å². The topological polar surface area (TPSA) is 64.7 Å². The molecule has 6 nitrogen and oxygen atoms in total. The fourth-order valence-corrected chi connectivity index (χ4v) is 3.30. The van der Waals surface area contributed by atoms with Crippen molar-refractivity contribution in [3.8, 4) is 0 Å². The van der Waals surface area contributed by atoms with Crippen LogP contribution in [0, 0.1) is 12.8 Å². The van der Waals surface area contributed by atoms with Crippen molar-refractivity contribution in [3.63, 3.8) is 0 Å². The highest BCUT2D eigenvalue weighted by Crippen LogP contribution is 2.36. The molecule has 0 saturated heterocycles. The van der Waals surface area contributed by atoms with Crippen molar-refractivity contribution in [2.24, 2.45) is 5.92 Å². The molecule has 1 N–H and O–H groups in total. The van der Waals surface area contributed by atoms with Gasteiger partial charge < -0.3 is 5.32 Å². The first-order chi connectivity index (χ1) is 12.3. The van der Waals surface area contributed by atoms with Crippen LogP contribution in [0.25, 0.3) is 0 Å². The van der Waals surface area contributed by atoms with E-state index >= 15 is 0 Å². The summed E-state index contributed by atoms with van der Waals surface area (Å²) >= 11 is 0. The molecule has 0 aromatic carbocycles. The van der Waals surface area contributed by atoms with Crippen LogP contribution >= 0.6 is 0 Å². The highest BCUT2D eigenvalue weighted by atomic mass is 19.4. The number of alkyl halides is 3. The zero-order valence-electron chi connectivity index (χ0n) is 14.8. The molecule has 142 valence electrons. The maximum absolute atomic E-state index is 13.1. The Morgan fingerprint density at radius 1 is 1.35 bits per heavy atom. The molecular weight excluding hydrogens is 347 g/mol. The van der Waals surface area contributed by atoms with E-state index in [1.807, 2.05) is 24.6 Å². The number of aryl methyl sites for hydroxylation is 1. The van der Waals surface area contributed by atoms with Crippen LogP contribution < -0.4 is 5.32 Å². The molecule has 1 atom stereocenters. The first-order valence-electron chi connectivity index (χ1n) is 8.66. The lowest BCUT2D eigenvalue weighted by atomic mass is 10.2. The van der Waals surface area contributed by atoms with E-state index in [2.05, 4.69) is 15.5 Å². The van der Waals surface area contributed by atoms with Gasteiger partial charge in [0, 0.05) is 36.2 Å². The molecule has 2 aromatic rings. The van der Waals surface area contributed by atoms with Gasteiger partial charge in [-0.15, -0.1) is 0 Å². The van der Waals surface area contributed by atoms with Crippen molar-refractivity contribution < 1.29 is 18.0 Å². The molecule has 1 aliphatic rings. The number of fused-ring (bicyclic) bond motifs is 1. The minimum atomic E-state index is -4.48. The molecule has 1 aliphatic carbocycles. The van der Waals surface area contributed by atoms with Crippen LogP contribution in [0.5, 0.6) is 0 Å². The Hall–Kier alpha value is -2.32. The van der Waals surface area contributed by atoms with Gasteiger partial charge in [0.25, 0.3) is 0 Å². The summed E-state index contributed by atoms with van der Waals surface area (Å²) < 4.78 is 42.3. The highest BCUT2D eigenvalue weighted by molar-refractivity contribution is 5.75. The van der Waals surface area contributed by atoms with Crippen molar-refractivity contribution in [3.05, 3.63) is 34.9 Å². The molecule has 2 aromatic heterocycles. The van der Waals surface area contributed by atoms with Crippen LogP contribution in [0.15, 0.2) is 12.3 Å². The van der Waals surface area contributed by atoms with Gasteiger partial charge >= 0.3 is 6.18 Å². The van der Waals surface area contributed by atoms with Crippen LogP contribution in [0.3, 0.4) is 0 Å². The largest absolute Gasteiger partial charge is 0.435 e. The van der Waals surface area contributed by atoms with Crippen LogP contribution in [-0.4, -0.2) is 32.0 Å². The monoisotopic (exact) mass is 369 g/mol. The summed E-state index contributed by atoms with van der Waals surface area (Å²) in [6, 6.07) is 1.90. The van der Waals surface area contributed by atoms with Crippen LogP contribution in [-0.2, 0) is 36.9 Å². The number of amides is 1. The molecule has 3 rings (SSSR count). The van der Waals surface area contributed by atoms with Crippen molar-refractivity contribution >= 4 is 5.91 Å². The lowest BCUT2D eigenvalue weighted by Crippen LogP contribution is -2.33. The van der Waals surface area contributed by atoms with Gasteiger partial charge in [-0.25, -0.2) is 0 Å². The number of rotatable bonds is 6. The molecule has 0 aliphatic heterocycles. The quantitative estimate of drug-likeness (QED) is 0.850. The minimum Gasteiger partial charge on any atom is -0.354 e. The summed E-state index contributed by atoms with van der Waals surface area (Å²) in [7, 11) is 0. The number of hydrogen-bond acceptors (Lipinski definition) is 3. The zero-order valence-corrected chi connectivity index (χ0v) is 14.8. The zero-order chi connectivity index (χ0) is 18.9. The first-order valence-corrected chi connectivity index (χ1v) is 8.66. The standard InChI is InChI=1S/C17H22F3N5O/c1-11(9-24-12(2)6-7-22-24)8-21-15(26)10-25-14-5-3-4-13(14)16(23-25)17(18,19)20/h6-7,11H,3-5,8-10H2,1-2H3,(H,21,26). The smallest absolute Gasteiger partial charge is 0.354 e. The Kier molecular flexibility index (Phi) is 5.06.